The first-order valence-electron chi connectivity index (χ1n) is 12.1. The third-order valence-electron chi connectivity index (χ3n) is 9.85. The Balaban J connectivity index is 1.39. The highest BCUT2D eigenvalue weighted by molar-refractivity contribution is 5.88. The van der Waals surface area contributed by atoms with Gasteiger partial charge in [0.1, 0.15) is 25.3 Å². The van der Waals surface area contributed by atoms with Crippen LogP contribution in [0.25, 0.3) is 0 Å². The average molecular weight is 421 g/mol. The van der Waals surface area contributed by atoms with Crippen LogP contribution in [-0.4, -0.2) is 57.0 Å². The number of methoxy groups -OCH3 is 2. The van der Waals surface area contributed by atoms with E-state index >= 15 is 0 Å². The lowest BCUT2D eigenvalue weighted by Crippen LogP contribution is -2.58. The molecule has 1 saturated heterocycles. The second-order valence-corrected chi connectivity index (χ2v) is 10.8. The van der Waals surface area contributed by atoms with Gasteiger partial charge in [-0.1, -0.05) is 12.8 Å². The molecule has 6 fully saturated rings. The van der Waals surface area contributed by atoms with Gasteiger partial charge in [0, 0.05) is 26.6 Å². The zero-order valence-electron chi connectivity index (χ0n) is 18.3. The van der Waals surface area contributed by atoms with E-state index in [9.17, 15) is 4.79 Å². The molecule has 5 saturated carbocycles. The van der Waals surface area contributed by atoms with Crippen LogP contribution in [0.4, 0.5) is 0 Å². The van der Waals surface area contributed by atoms with Crippen molar-refractivity contribution in [1.29, 1.82) is 0 Å². The van der Waals surface area contributed by atoms with Gasteiger partial charge < -0.3 is 23.7 Å². The van der Waals surface area contributed by atoms with Gasteiger partial charge in [-0.05, 0) is 68.1 Å². The molecule has 0 radical (unpaired) electrons. The fraction of sp³-hybridized carbons (Fsp3) is 0.958. The maximum atomic E-state index is 12.5. The highest BCUT2D eigenvalue weighted by atomic mass is 16.7. The number of hydrogen-bond donors (Lipinski definition) is 0. The molecular formula is C24H36O6. The van der Waals surface area contributed by atoms with Crippen LogP contribution in [-0.2, 0) is 28.5 Å². The van der Waals surface area contributed by atoms with Crippen LogP contribution >= 0.6 is 0 Å². The van der Waals surface area contributed by atoms with Gasteiger partial charge in [0.05, 0.1) is 11.7 Å². The van der Waals surface area contributed by atoms with E-state index in [0.717, 1.165) is 25.7 Å². The number of carbonyl (C=O) groups excluding carboxylic acids is 1. The molecule has 2 unspecified atom stereocenters. The van der Waals surface area contributed by atoms with Crippen molar-refractivity contribution in [3.63, 3.8) is 0 Å². The van der Waals surface area contributed by atoms with Crippen molar-refractivity contribution in [1.82, 2.24) is 0 Å². The molecule has 6 aliphatic rings. The van der Waals surface area contributed by atoms with E-state index in [-0.39, 0.29) is 23.4 Å². The maximum Gasteiger partial charge on any atom is 0.164 e. The molecule has 1 heterocycles. The molecule has 0 aromatic rings. The normalized spacial score (nSPS) is 53.5. The lowest BCUT2D eigenvalue weighted by molar-refractivity contribution is -0.216. The third-order valence-corrected chi connectivity index (χ3v) is 9.85. The number of rotatable bonds is 6. The number of fused-ring (bicyclic) bond motifs is 8. The summed E-state index contributed by atoms with van der Waals surface area (Å²) in [6, 6.07) is 0. The topological polar surface area (TPSA) is 66.5 Å². The largest absolute Gasteiger partial charge is 0.359 e. The molecule has 6 heteroatoms. The summed E-state index contributed by atoms with van der Waals surface area (Å²) < 4.78 is 30.0. The van der Waals surface area contributed by atoms with Gasteiger partial charge >= 0.3 is 0 Å². The molecule has 6 nitrogen and oxygen atoms in total. The molecule has 0 N–H and O–H groups in total. The monoisotopic (exact) mass is 420 g/mol. The second kappa shape index (κ2) is 7.24. The minimum atomic E-state index is -0.254. The standard InChI is InChI=1S/C24H36O6/c1-26-12-28-19-9-17-21(16-6-4-3-5-15(16)19)14-10-23(17,29-13-27-2)20-8-7-18(25)22-24(20,11-14)30-22/h14-17,19-22H,3-13H2,1-2H3/t14-,15-,16-,17-,19-,20+,21+,22?,23+,24?/m1/s1. The summed E-state index contributed by atoms with van der Waals surface area (Å²) in [5.74, 6) is 3.66. The van der Waals surface area contributed by atoms with Gasteiger partial charge in [-0.15, -0.1) is 0 Å². The molecule has 10 atom stereocenters. The van der Waals surface area contributed by atoms with Crippen LogP contribution in [0.3, 0.4) is 0 Å². The van der Waals surface area contributed by atoms with Crippen molar-refractivity contribution < 1.29 is 28.5 Å². The zero-order valence-corrected chi connectivity index (χ0v) is 18.3. The first-order chi connectivity index (χ1) is 14.6. The molecule has 6 rings (SSSR count). The lowest BCUT2D eigenvalue weighted by Gasteiger charge is -2.52. The first kappa shape index (κ1) is 20.1. The Labute approximate surface area is 179 Å². The number of epoxide rings is 1. The van der Waals surface area contributed by atoms with Gasteiger partial charge in [-0.3, -0.25) is 4.79 Å². The van der Waals surface area contributed by atoms with Crippen LogP contribution in [0.15, 0.2) is 0 Å². The molecule has 1 aliphatic heterocycles. The number of carbonyl (C=O) groups is 1. The minimum Gasteiger partial charge on any atom is -0.359 e. The predicted molar refractivity (Wildman–Crippen MR) is 108 cm³/mol. The molecular weight excluding hydrogens is 384 g/mol. The van der Waals surface area contributed by atoms with Gasteiger partial charge in [-0.25, -0.2) is 0 Å². The summed E-state index contributed by atoms with van der Waals surface area (Å²) >= 11 is 0. The number of hydrogen-bond acceptors (Lipinski definition) is 6. The Kier molecular flexibility index (Phi) is 4.85. The van der Waals surface area contributed by atoms with E-state index in [4.69, 9.17) is 23.7 Å². The Morgan fingerprint density at radius 2 is 1.83 bits per heavy atom. The van der Waals surface area contributed by atoms with Gasteiger partial charge in [0.15, 0.2) is 5.78 Å². The van der Waals surface area contributed by atoms with Gasteiger partial charge in [-0.2, -0.15) is 0 Å². The van der Waals surface area contributed by atoms with Crippen molar-refractivity contribution in [2.45, 2.75) is 81.2 Å². The quantitative estimate of drug-likeness (QED) is 0.485. The maximum absolute atomic E-state index is 12.5. The molecule has 1 spiro atoms. The van der Waals surface area contributed by atoms with E-state index in [1.807, 2.05) is 0 Å². The lowest BCUT2D eigenvalue weighted by atomic mass is 9.57. The fourth-order valence-corrected chi connectivity index (χ4v) is 9.12. The molecule has 0 aromatic carbocycles. The summed E-state index contributed by atoms with van der Waals surface area (Å²) in [6.45, 7) is 0.687. The Morgan fingerprint density at radius 3 is 2.63 bits per heavy atom. The van der Waals surface area contributed by atoms with E-state index in [2.05, 4.69) is 0 Å². The van der Waals surface area contributed by atoms with Crippen LogP contribution in [0, 0.1) is 35.5 Å². The molecule has 0 amide bonds. The van der Waals surface area contributed by atoms with Crippen molar-refractivity contribution in [2.75, 3.05) is 27.8 Å². The van der Waals surface area contributed by atoms with Crippen molar-refractivity contribution >= 4 is 5.78 Å². The van der Waals surface area contributed by atoms with Crippen molar-refractivity contribution in [3.05, 3.63) is 0 Å². The van der Waals surface area contributed by atoms with E-state index in [1.54, 1.807) is 14.2 Å². The zero-order chi connectivity index (χ0) is 20.5. The van der Waals surface area contributed by atoms with Crippen molar-refractivity contribution in [3.8, 4) is 0 Å². The summed E-state index contributed by atoms with van der Waals surface area (Å²) in [5, 5.41) is 0. The molecule has 0 aromatic heterocycles. The van der Waals surface area contributed by atoms with Crippen molar-refractivity contribution in [2.24, 2.45) is 35.5 Å². The summed E-state index contributed by atoms with van der Waals surface area (Å²) in [4.78, 5) is 12.5. The summed E-state index contributed by atoms with van der Waals surface area (Å²) in [5.41, 5.74) is -0.494. The number of ether oxygens (including phenoxy) is 5. The van der Waals surface area contributed by atoms with E-state index < -0.39 is 0 Å². The Hall–Kier alpha value is -0.530. The van der Waals surface area contributed by atoms with Gasteiger partial charge in [0.25, 0.3) is 0 Å². The average Bonchev–Trinajstić information content (AvgIpc) is 3.43. The van der Waals surface area contributed by atoms with Crippen LogP contribution in [0.1, 0.15) is 57.8 Å². The highest BCUT2D eigenvalue weighted by Gasteiger charge is 2.79. The van der Waals surface area contributed by atoms with Crippen LogP contribution < -0.4 is 0 Å². The third kappa shape index (κ3) is 2.63. The SMILES string of the molecule is COCO[C@@H]1C[C@@H]2[C@@H]([C@H]3CC45OC4C(=O)CC[C@H]5[C@]2(OCOC)C3)[C@@H]2CCCC[C@H]21. The first-order valence-corrected chi connectivity index (χ1v) is 12.1. The minimum absolute atomic E-state index is 0.174. The van der Waals surface area contributed by atoms with E-state index in [1.165, 1.54) is 25.7 Å². The molecule has 2 bridgehead atoms. The molecule has 30 heavy (non-hydrogen) atoms. The smallest absolute Gasteiger partial charge is 0.164 e. The highest BCUT2D eigenvalue weighted by Crippen LogP contribution is 2.72. The summed E-state index contributed by atoms with van der Waals surface area (Å²) in [7, 11) is 3.42. The Morgan fingerprint density at radius 1 is 1.03 bits per heavy atom. The van der Waals surface area contributed by atoms with Gasteiger partial charge in [0.2, 0.25) is 0 Å². The second-order valence-electron chi connectivity index (χ2n) is 10.8. The van der Waals surface area contributed by atoms with E-state index in [0.29, 0.717) is 61.3 Å². The van der Waals surface area contributed by atoms with Crippen LogP contribution in [0.2, 0.25) is 0 Å². The summed E-state index contributed by atoms with van der Waals surface area (Å²) in [6.07, 6.45) is 10.0. The number of Topliss-reactive ketones (excluding diaryl/α,β-unsaturated/α-hetero) is 1. The molecule has 5 aliphatic carbocycles. The number of ketones is 1. The molecule has 168 valence electrons. The fourth-order valence-electron chi connectivity index (χ4n) is 9.12. The Bertz CT molecular complexity index is 697. The van der Waals surface area contributed by atoms with Crippen LogP contribution in [0.5, 0.6) is 0 Å². The predicted octanol–water partition coefficient (Wildman–Crippen LogP) is 3.32.